The van der Waals surface area contributed by atoms with E-state index in [2.05, 4.69) is 5.32 Å². The van der Waals surface area contributed by atoms with Crippen molar-refractivity contribution in [3.63, 3.8) is 0 Å². The SMILES string of the molecule is CC(=O)N1C=Cc2ccccc2[C@@H]1CC(=O)Nc1ccc(C)cc1Cl. The van der Waals surface area contributed by atoms with Crippen molar-refractivity contribution in [1.29, 1.82) is 0 Å². The first-order chi connectivity index (χ1) is 12.0. The Morgan fingerprint density at radius 2 is 1.96 bits per heavy atom. The van der Waals surface area contributed by atoms with E-state index in [1.165, 1.54) is 6.92 Å². The van der Waals surface area contributed by atoms with Gasteiger partial charge in [0.15, 0.2) is 0 Å². The molecule has 0 radical (unpaired) electrons. The van der Waals surface area contributed by atoms with Gasteiger partial charge in [-0.1, -0.05) is 41.9 Å². The summed E-state index contributed by atoms with van der Waals surface area (Å²) in [5.74, 6) is -0.288. The first kappa shape index (κ1) is 17.2. The summed E-state index contributed by atoms with van der Waals surface area (Å²) in [6, 6.07) is 12.9. The Balaban J connectivity index is 1.82. The number of benzene rings is 2. The molecule has 2 aromatic rings. The van der Waals surface area contributed by atoms with Crippen molar-refractivity contribution in [3.05, 3.63) is 70.4 Å². The highest BCUT2D eigenvalue weighted by atomic mass is 35.5. The molecule has 5 heteroatoms. The fourth-order valence-electron chi connectivity index (χ4n) is 3.01. The van der Waals surface area contributed by atoms with Gasteiger partial charge in [0.2, 0.25) is 11.8 Å². The molecule has 1 atom stereocenters. The molecule has 3 rings (SSSR count). The number of amides is 2. The van der Waals surface area contributed by atoms with Gasteiger partial charge in [0.25, 0.3) is 0 Å². The molecule has 0 aromatic heterocycles. The van der Waals surface area contributed by atoms with Gasteiger partial charge in [-0.3, -0.25) is 9.59 Å². The molecule has 1 aliphatic rings. The van der Waals surface area contributed by atoms with Gasteiger partial charge < -0.3 is 10.2 Å². The second-order valence-electron chi connectivity index (χ2n) is 6.12. The number of rotatable bonds is 3. The zero-order valence-electron chi connectivity index (χ0n) is 14.1. The number of fused-ring (bicyclic) bond motifs is 1. The van der Waals surface area contributed by atoms with Crippen LogP contribution in [0.3, 0.4) is 0 Å². The van der Waals surface area contributed by atoms with Crippen molar-refractivity contribution >= 4 is 35.2 Å². The molecule has 1 N–H and O–H groups in total. The van der Waals surface area contributed by atoms with Crippen LogP contribution in [0.25, 0.3) is 6.08 Å². The third kappa shape index (κ3) is 3.74. The molecular weight excluding hydrogens is 336 g/mol. The second kappa shape index (κ2) is 7.11. The minimum Gasteiger partial charge on any atom is -0.325 e. The molecule has 128 valence electrons. The van der Waals surface area contributed by atoms with Crippen LogP contribution in [0.5, 0.6) is 0 Å². The lowest BCUT2D eigenvalue weighted by atomic mass is 9.93. The molecule has 1 heterocycles. The molecule has 25 heavy (non-hydrogen) atoms. The topological polar surface area (TPSA) is 49.4 Å². The third-order valence-corrected chi connectivity index (χ3v) is 4.56. The number of carbonyl (C=O) groups excluding carboxylic acids is 2. The second-order valence-corrected chi connectivity index (χ2v) is 6.53. The summed E-state index contributed by atoms with van der Waals surface area (Å²) in [6.45, 7) is 3.44. The fraction of sp³-hybridized carbons (Fsp3) is 0.200. The molecule has 0 saturated heterocycles. The van der Waals surface area contributed by atoms with E-state index in [0.717, 1.165) is 16.7 Å². The monoisotopic (exact) mass is 354 g/mol. The molecule has 4 nitrogen and oxygen atoms in total. The number of halogens is 1. The molecule has 0 bridgehead atoms. The number of nitrogens with zero attached hydrogens (tertiary/aromatic N) is 1. The van der Waals surface area contributed by atoms with Crippen LogP contribution in [0.2, 0.25) is 5.02 Å². The summed E-state index contributed by atoms with van der Waals surface area (Å²) in [5, 5.41) is 3.34. The molecule has 0 fully saturated rings. The lowest BCUT2D eigenvalue weighted by molar-refractivity contribution is -0.129. The standard InChI is InChI=1S/C20H19ClN2O2/c1-13-7-8-18(17(21)11-13)22-20(25)12-19-16-6-4-3-5-15(16)9-10-23(19)14(2)24/h3-11,19H,12H2,1-2H3,(H,22,25)/t19-/m0/s1. The maximum atomic E-state index is 12.6. The van der Waals surface area contributed by atoms with Gasteiger partial charge in [0, 0.05) is 13.1 Å². The predicted molar refractivity (Wildman–Crippen MR) is 100 cm³/mol. The van der Waals surface area contributed by atoms with E-state index < -0.39 is 0 Å². The molecular formula is C20H19ClN2O2. The van der Waals surface area contributed by atoms with E-state index in [4.69, 9.17) is 11.6 Å². The predicted octanol–water partition coefficient (Wildman–Crippen LogP) is 4.55. The maximum absolute atomic E-state index is 12.6. The summed E-state index contributed by atoms with van der Waals surface area (Å²) in [7, 11) is 0. The zero-order valence-corrected chi connectivity index (χ0v) is 14.9. The summed E-state index contributed by atoms with van der Waals surface area (Å²) >= 11 is 6.19. The Morgan fingerprint density at radius 3 is 2.68 bits per heavy atom. The van der Waals surface area contributed by atoms with Crippen LogP contribution in [0.1, 0.15) is 36.1 Å². The Hall–Kier alpha value is -2.59. The van der Waals surface area contributed by atoms with Crippen molar-refractivity contribution in [2.75, 3.05) is 5.32 Å². The quantitative estimate of drug-likeness (QED) is 0.878. The van der Waals surface area contributed by atoms with Crippen molar-refractivity contribution in [3.8, 4) is 0 Å². The van der Waals surface area contributed by atoms with Gasteiger partial charge in [-0.15, -0.1) is 0 Å². The van der Waals surface area contributed by atoms with Crippen LogP contribution in [-0.2, 0) is 9.59 Å². The Bertz CT molecular complexity index is 861. The minimum absolute atomic E-state index is 0.100. The molecule has 1 aliphatic heterocycles. The normalized spacial score (nSPS) is 15.6. The number of aryl methyl sites for hydroxylation is 1. The number of nitrogens with one attached hydrogen (secondary N) is 1. The van der Waals surface area contributed by atoms with Gasteiger partial charge in [-0.25, -0.2) is 0 Å². The van der Waals surface area contributed by atoms with Crippen LogP contribution in [0, 0.1) is 6.92 Å². The molecule has 2 amide bonds. The highest BCUT2D eigenvalue weighted by molar-refractivity contribution is 6.33. The van der Waals surface area contributed by atoms with E-state index >= 15 is 0 Å². The van der Waals surface area contributed by atoms with Gasteiger partial charge in [0.05, 0.1) is 23.2 Å². The van der Waals surface area contributed by atoms with E-state index in [1.54, 1.807) is 23.2 Å². The first-order valence-electron chi connectivity index (χ1n) is 8.08. The van der Waals surface area contributed by atoms with Crippen LogP contribution in [-0.4, -0.2) is 16.7 Å². The van der Waals surface area contributed by atoms with E-state index in [0.29, 0.717) is 10.7 Å². The molecule has 2 aromatic carbocycles. The highest BCUT2D eigenvalue weighted by Crippen LogP contribution is 2.33. The Morgan fingerprint density at radius 1 is 1.20 bits per heavy atom. The van der Waals surface area contributed by atoms with E-state index in [-0.39, 0.29) is 24.3 Å². The Kier molecular flexibility index (Phi) is 4.91. The molecule has 0 spiro atoms. The van der Waals surface area contributed by atoms with Crippen LogP contribution in [0.4, 0.5) is 5.69 Å². The minimum atomic E-state index is -0.331. The van der Waals surface area contributed by atoms with E-state index in [1.807, 2.05) is 43.3 Å². The summed E-state index contributed by atoms with van der Waals surface area (Å²) in [5.41, 5.74) is 3.58. The summed E-state index contributed by atoms with van der Waals surface area (Å²) < 4.78 is 0. The number of hydrogen-bond acceptors (Lipinski definition) is 2. The highest BCUT2D eigenvalue weighted by Gasteiger charge is 2.28. The van der Waals surface area contributed by atoms with Gasteiger partial charge in [-0.2, -0.15) is 0 Å². The summed E-state index contributed by atoms with van der Waals surface area (Å²) in [6.07, 6.45) is 3.79. The van der Waals surface area contributed by atoms with Crippen LogP contribution >= 0.6 is 11.6 Å². The van der Waals surface area contributed by atoms with Crippen molar-refractivity contribution in [2.45, 2.75) is 26.3 Å². The van der Waals surface area contributed by atoms with Crippen LogP contribution < -0.4 is 5.32 Å². The average Bonchev–Trinajstić information content (AvgIpc) is 2.57. The lowest BCUT2D eigenvalue weighted by Crippen LogP contribution is -2.33. The molecule has 0 aliphatic carbocycles. The third-order valence-electron chi connectivity index (χ3n) is 4.25. The molecule has 0 unspecified atom stereocenters. The fourth-order valence-corrected chi connectivity index (χ4v) is 3.29. The van der Waals surface area contributed by atoms with Crippen molar-refractivity contribution in [2.24, 2.45) is 0 Å². The number of carbonyl (C=O) groups is 2. The smallest absolute Gasteiger partial charge is 0.226 e. The molecule has 0 saturated carbocycles. The van der Waals surface area contributed by atoms with Gasteiger partial charge in [-0.05, 0) is 41.8 Å². The van der Waals surface area contributed by atoms with Crippen molar-refractivity contribution in [1.82, 2.24) is 4.90 Å². The maximum Gasteiger partial charge on any atom is 0.226 e. The van der Waals surface area contributed by atoms with Gasteiger partial charge >= 0.3 is 0 Å². The lowest BCUT2D eigenvalue weighted by Gasteiger charge is -2.32. The van der Waals surface area contributed by atoms with Crippen LogP contribution in [0.15, 0.2) is 48.7 Å². The number of hydrogen-bond donors (Lipinski definition) is 1. The van der Waals surface area contributed by atoms with Gasteiger partial charge in [0.1, 0.15) is 0 Å². The first-order valence-corrected chi connectivity index (χ1v) is 8.45. The zero-order chi connectivity index (χ0) is 18.0. The summed E-state index contributed by atoms with van der Waals surface area (Å²) in [4.78, 5) is 26.1. The number of anilines is 1. The van der Waals surface area contributed by atoms with E-state index in [9.17, 15) is 9.59 Å². The Labute approximate surface area is 152 Å². The largest absolute Gasteiger partial charge is 0.325 e. The average molecular weight is 355 g/mol. The van der Waals surface area contributed by atoms with Crippen molar-refractivity contribution < 1.29 is 9.59 Å².